The fraction of sp³-hybridized carbons (Fsp3) is 1.00. The Morgan fingerprint density at radius 3 is 2.90 bits per heavy atom. The molecule has 0 aromatic heterocycles. The summed E-state index contributed by atoms with van der Waals surface area (Å²) >= 11 is 0. The van der Waals surface area contributed by atoms with Crippen LogP contribution >= 0.6 is 0 Å². The van der Waals surface area contributed by atoms with Crippen LogP contribution < -0.4 is 0 Å². The van der Waals surface area contributed by atoms with Gasteiger partial charge in [-0.25, -0.2) is 0 Å². The lowest BCUT2D eigenvalue weighted by Crippen LogP contribution is -2.26. The molecule has 0 spiro atoms. The standard InChI is InChI=1S/C9H16O/c1-7-4-5-9-8(7)3-2-6-10-9/h7-9H,2-6H2,1H3/t7-,8+,9-/m0/s1. The van der Waals surface area contributed by atoms with Gasteiger partial charge in [-0.3, -0.25) is 0 Å². The molecule has 1 saturated heterocycles. The summed E-state index contributed by atoms with van der Waals surface area (Å²) in [5.41, 5.74) is 0. The molecule has 1 aliphatic heterocycles. The number of rotatable bonds is 0. The van der Waals surface area contributed by atoms with Gasteiger partial charge in [0.2, 0.25) is 0 Å². The molecule has 0 radical (unpaired) electrons. The Bertz CT molecular complexity index is 120. The predicted molar refractivity (Wildman–Crippen MR) is 40.9 cm³/mol. The molecule has 0 amide bonds. The maximum Gasteiger partial charge on any atom is 0.0605 e. The van der Waals surface area contributed by atoms with Crippen LogP contribution in [0.3, 0.4) is 0 Å². The second-order valence-electron chi connectivity index (χ2n) is 3.77. The third kappa shape index (κ3) is 0.968. The minimum Gasteiger partial charge on any atom is -0.378 e. The van der Waals surface area contributed by atoms with Crippen LogP contribution in [0.15, 0.2) is 0 Å². The Balaban J connectivity index is 2.01. The topological polar surface area (TPSA) is 9.23 Å². The van der Waals surface area contributed by atoms with E-state index >= 15 is 0 Å². The zero-order valence-electron chi connectivity index (χ0n) is 6.68. The van der Waals surface area contributed by atoms with E-state index < -0.39 is 0 Å². The number of hydrogen-bond acceptors (Lipinski definition) is 1. The fourth-order valence-corrected chi connectivity index (χ4v) is 2.45. The predicted octanol–water partition coefficient (Wildman–Crippen LogP) is 2.21. The quantitative estimate of drug-likeness (QED) is 0.501. The van der Waals surface area contributed by atoms with E-state index in [0.29, 0.717) is 6.10 Å². The first kappa shape index (κ1) is 6.66. The van der Waals surface area contributed by atoms with Gasteiger partial charge in [0.25, 0.3) is 0 Å². The van der Waals surface area contributed by atoms with Gasteiger partial charge in [-0.2, -0.15) is 0 Å². The lowest BCUT2D eigenvalue weighted by Gasteiger charge is -2.27. The van der Waals surface area contributed by atoms with Crippen LogP contribution in [0.25, 0.3) is 0 Å². The molecule has 0 N–H and O–H groups in total. The molecule has 1 heteroatoms. The normalized spacial score (nSPS) is 47.1. The highest BCUT2D eigenvalue weighted by molar-refractivity contribution is 4.85. The van der Waals surface area contributed by atoms with Gasteiger partial charge in [0.1, 0.15) is 0 Å². The Morgan fingerprint density at radius 2 is 2.10 bits per heavy atom. The molecule has 1 heterocycles. The van der Waals surface area contributed by atoms with Crippen molar-refractivity contribution >= 4 is 0 Å². The monoisotopic (exact) mass is 140 g/mol. The highest BCUT2D eigenvalue weighted by Gasteiger charge is 2.35. The van der Waals surface area contributed by atoms with Crippen molar-refractivity contribution < 1.29 is 4.74 Å². The van der Waals surface area contributed by atoms with Crippen LogP contribution in [0, 0.1) is 11.8 Å². The summed E-state index contributed by atoms with van der Waals surface area (Å²) in [6.45, 7) is 3.40. The molecule has 58 valence electrons. The smallest absolute Gasteiger partial charge is 0.0605 e. The fourth-order valence-electron chi connectivity index (χ4n) is 2.45. The first-order valence-electron chi connectivity index (χ1n) is 4.49. The zero-order chi connectivity index (χ0) is 6.97. The van der Waals surface area contributed by atoms with Crippen molar-refractivity contribution in [2.45, 2.75) is 38.7 Å². The molecule has 3 atom stereocenters. The van der Waals surface area contributed by atoms with Crippen molar-refractivity contribution in [1.29, 1.82) is 0 Å². The maximum atomic E-state index is 5.67. The second kappa shape index (κ2) is 2.54. The van der Waals surface area contributed by atoms with Crippen molar-refractivity contribution in [3.05, 3.63) is 0 Å². The summed E-state index contributed by atoms with van der Waals surface area (Å²) < 4.78 is 5.67. The Hall–Kier alpha value is -0.0400. The molecule has 2 aliphatic rings. The molecular formula is C9H16O. The van der Waals surface area contributed by atoms with E-state index in [1.165, 1.54) is 25.7 Å². The molecule has 0 bridgehead atoms. The highest BCUT2D eigenvalue weighted by Crippen LogP contribution is 2.39. The first-order chi connectivity index (χ1) is 4.88. The molecule has 10 heavy (non-hydrogen) atoms. The lowest BCUT2D eigenvalue weighted by atomic mass is 9.90. The molecule has 1 saturated carbocycles. The Morgan fingerprint density at radius 1 is 1.20 bits per heavy atom. The van der Waals surface area contributed by atoms with Gasteiger partial charge in [-0.1, -0.05) is 6.92 Å². The van der Waals surface area contributed by atoms with Crippen molar-refractivity contribution in [3.8, 4) is 0 Å². The van der Waals surface area contributed by atoms with Crippen LogP contribution in [0.5, 0.6) is 0 Å². The molecule has 1 nitrogen and oxygen atoms in total. The Labute approximate surface area is 62.8 Å². The molecule has 0 aromatic rings. The van der Waals surface area contributed by atoms with E-state index in [9.17, 15) is 0 Å². The van der Waals surface area contributed by atoms with Crippen molar-refractivity contribution in [2.75, 3.05) is 6.61 Å². The number of hydrogen-bond donors (Lipinski definition) is 0. The van der Waals surface area contributed by atoms with Gasteiger partial charge in [-0.05, 0) is 37.5 Å². The highest BCUT2D eigenvalue weighted by atomic mass is 16.5. The average Bonchev–Trinajstić information content (AvgIpc) is 2.34. The molecular weight excluding hydrogens is 124 g/mol. The molecule has 0 aromatic carbocycles. The second-order valence-corrected chi connectivity index (χ2v) is 3.77. The van der Waals surface area contributed by atoms with E-state index in [4.69, 9.17) is 4.74 Å². The van der Waals surface area contributed by atoms with Gasteiger partial charge in [0, 0.05) is 6.61 Å². The summed E-state index contributed by atoms with van der Waals surface area (Å²) in [4.78, 5) is 0. The van der Waals surface area contributed by atoms with Crippen LogP contribution in [0.1, 0.15) is 32.6 Å². The minimum absolute atomic E-state index is 0.642. The molecule has 0 unspecified atom stereocenters. The molecule has 2 fully saturated rings. The van der Waals surface area contributed by atoms with Crippen LogP contribution in [0.2, 0.25) is 0 Å². The molecule has 2 rings (SSSR count). The summed E-state index contributed by atoms with van der Waals surface area (Å²) in [6.07, 6.45) is 6.09. The maximum absolute atomic E-state index is 5.67. The third-order valence-corrected chi connectivity index (χ3v) is 3.13. The van der Waals surface area contributed by atoms with Crippen LogP contribution in [0.4, 0.5) is 0 Å². The van der Waals surface area contributed by atoms with Crippen molar-refractivity contribution in [3.63, 3.8) is 0 Å². The molecule has 1 aliphatic carbocycles. The summed E-state index contributed by atoms with van der Waals surface area (Å²) in [7, 11) is 0. The third-order valence-electron chi connectivity index (χ3n) is 3.13. The van der Waals surface area contributed by atoms with Gasteiger partial charge in [0.15, 0.2) is 0 Å². The van der Waals surface area contributed by atoms with Gasteiger partial charge >= 0.3 is 0 Å². The lowest BCUT2D eigenvalue weighted by molar-refractivity contribution is -0.0171. The van der Waals surface area contributed by atoms with E-state index in [-0.39, 0.29) is 0 Å². The van der Waals surface area contributed by atoms with Gasteiger partial charge in [0.05, 0.1) is 6.10 Å². The van der Waals surface area contributed by atoms with E-state index in [1.54, 1.807) is 0 Å². The largest absolute Gasteiger partial charge is 0.378 e. The van der Waals surface area contributed by atoms with E-state index in [1.807, 2.05) is 0 Å². The van der Waals surface area contributed by atoms with E-state index in [2.05, 4.69) is 6.92 Å². The van der Waals surface area contributed by atoms with E-state index in [0.717, 1.165) is 18.4 Å². The van der Waals surface area contributed by atoms with Crippen molar-refractivity contribution in [1.82, 2.24) is 0 Å². The first-order valence-corrected chi connectivity index (χ1v) is 4.49. The van der Waals surface area contributed by atoms with Gasteiger partial charge in [-0.15, -0.1) is 0 Å². The SMILES string of the molecule is C[C@H]1CC[C@@H]2OCCC[C@@H]21. The van der Waals surface area contributed by atoms with Crippen LogP contribution in [-0.4, -0.2) is 12.7 Å². The van der Waals surface area contributed by atoms with Crippen molar-refractivity contribution in [2.24, 2.45) is 11.8 Å². The number of ether oxygens (including phenoxy) is 1. The van der Waals surface area contributed by atoms with Gasteiger partial charge < -0.3 is 4.74 Å². The summed E-state index contributed by atoms with van der Waals surface area (Å²) in [6, 6.07) is 0. The van der Waals surface area contributed by atoms with Crippen LogP contribution in [-0.2, 0) is 4.74 Å². The summed E-state index contributed by atoms with van der Waals surface area (Å²) in [5, 5.41) is 0. The average molecular weight is 140 g/mol. The zero-order valence-corrected chi connectivity index (χ0v) is 6.68. The Kier molecular flexibility index (Phi) is 1.69. The summed E-state index contributed by atoms with van der Waals surface area (Å²) in [5.74, 6) is 1.85. The number of fused-ring (bicyclic) bond motifs is 1. The minimum atomic E-state index is 0.642.